The van der Waals surface area contributed by atoms with E-state index in [0.29, 0.717) is 11.9 Å². The van der Waals surface area contributed by atoms with Gasteiger partial charge in [-0.3, -0.25) is 0 Å². The largest absolute Gasteiger partial charge is 0.376 e. The van der Waals surface area contributed by atoms with Crippen molar-refractivity contribution in [3.8, 4) is 0 Å². The molecule has 1 fully saturated rings. The van der Waals surface area contributed by atoms with Gasteiger partial charge in [0.25, 0.3) is 0 Å². The minimum absolute atomic E-state index is 0.272. The van der Waals surface area contributed by atoms with E-state index in [4.69, 9.17) is 4.74 Å². The van der Waals surface area contributed by atoms with E-state index in [1.807, 2.05) is 6.07 Å². The van der Waals surface area contributed by atoms with Crippen molar-refractivity contribution in [3.05, 3.63) is 41.6 Å². The molecule has 0 spiro atoms. The second kappa shape index (κ2) is 7.62. The number of hydrogen-bond donors (Lipinski definition) is 2. The fourth-order valence-corrected chi connectivity index (χ4v) is 2.99. The average molecular weight is 326 g/mol. The molecular weight excluding hydrogens is 300 g/mol. The van der Waals surface area contributed by atoms with Crippen LogP contribution in [0.25, 0.3) is 0 Å². The summed E-state index contributed by atoms with van der Waals surface area (Å²) in [6.07, 6.45) is 4.29. The Kier molecular flexibility index (Phi) is 5.30. The van der Waals surface area contributed by atoms with Crippen molar-refractivity contribution in [1.29, 1.82) is 0 Å². The molecule has 0 bridgehead atoms. The van der Waals surface area contributed by atoms with Gasteiger partial charge in [-0.25, -0.2) is 4.98 Å². The number of nitrogens with one attached hydrogen (secondary N) is 2. The number of aromatic nitrogens is 2. The number of rotatable bonds is 6. The quantitative estimate of drug-likeness (QED) is 0.831. The van der Waals surface area contributed by atoms with E-state index in [1.165, 1.54) is 11.1 Å². The van der Waals surface area contributed by atoms with Crippen molar-refractivity contribution in [1.82, 2.24) is 9.97 Å². The number of nitrogens with zero attached hydrogens (tertiary/aromatic N) is 2. The first-order chi connectivity index (χ1) is 11.6. The molecule has 5 nitrogen and oxygen atoms in total. The Hall–Kier alpha value is -2.14. The molecule has 1 saturated heterocycles. The van der Waals surface area contributed by atoms with E-state index in [9.17, 15) is 0 Å². The van der Waals surface area contributed by atoms with Crippen LogP contribution in [0.2, 0.25) is 0 Å². The lowest BCUT2D eigenvalue weighted by Gasteiger charge is -2.17. The first kappa shape index (κ1) is 16.7. The summed E-state index contributed by atoms with van der Waals surface area (Å²) in [5, 5.41) is 6.75. The topological polar surface area (TPSA) is 59.1 Å². The molecule has 1 unspecified atom stereocenters. The Labute approximate surface area is 143 Å². The van der Waals surface area contributed by atoms with Crippen LogP contribution in [0.4, 0.5) is 17.5 Å². The van der Waals surface area contributed by atoms with Crippen LogP contribution in [0.15, 0.2) is 30.5 Å². The molecule has 2 heterocycles. The number of ether oxygens (including phenoxy) is 1. The predicted molar refractivity (Wildman–Crippen MR) is 98.0 cm³/mol. The van der Waals surface area contributed by atoms with E-state index in [1.54, 1.807) is 6.20 Å². The minimum atomic E-state index is 0.272. The molecule has 0 saturated carbocycles. The van der Waals surface area contributed by atoms with Gasteiger partial charge in [0.2, 0.25) is 5.95 Å². The molecule has 1 aromatic carbocycles. The number of anilines is 3. The van der Waals surface area contributed by atoms with Gasteiger partial charge in [-0.15, -0.1) is 0 Å². The molecule has 0 aliphatic carbocycles. The molecule has 128 valence electrons. The van der Waals surface area contributed by atoms with Crippen molar-refractivity contribution in [2.24, 2.45) is 0 Å². The van der Waals surface area contributed by atoms with Crippen molar-refractivity contribution in [2.45, 2.75) is 45.6 Å². The van der Waals surface area contributed by atoms with Crippen LogP contribution in [0, 0.1) is 6.92 Å². The summed E-state index contributed by atoms with van der Waals surface area (Å²) >= 11 is 0. The molecule has 24 heavy (non-hydrogen) atoms. The number of aryl methyl sites for hydroxylation is 1. The molecule has 0 radical (unpaired) electrons. The van der Waals surface area contributed by atoms with Crippen LogP contribution in [0.5, 0.6) is 0 Å². The number of para-hydroxylation sites is 1. The molecule has 5 heteroatoms. The fourth-order valence-electron chi connectivity index (χ4n) is 2.99. The van der Waals surface area contributed by atoms with Gasteiger partial charge in [0.15, 0.2) is 0 Å². The summed E-state index contributed by atoms with van der Waals surface area (Å²) < 4.78 is 5.62. The second-order valence-corrected chi connectivity index (χ2v) is 6.60. The van der Waals surface area contributed by atoms with Crippen molar-refractivity contribution in [3.63, 3.8) is 0 Å². The van der Waals surface area contributed by atoms with Crippen molar-refractivity contribution < 1.29 is 4.74 Å². The Morgan fingerprint density at radius 2 is 2.17 bits per heavy atom. The Morgan fingerprint density at radius 1 is 1.29 bits per heavy atom. The van der Waals surface area contributed by atoms with Gasteiger partial charge in [-0.2, -0.15) is 4.98 Å². The summed E-state index contributed by atoms with van der Waals surface area (Å²) in [7, 11) is 0. The Bertz CT molecular complexity index is 681. The summed E-state index contributed by atoms with van der Waals surface area (Å²) in [6.45, 7) is 8.14. The fraction of sp³-hybridized carbons (Fsp3) is 0.474. The molecule has 1 aliphatic heterocycles. The van der Waals surface area contributed by atoms with Crippen LogP contribution in [-0.4, -0.2) is 29.2 Å². The van der Waals surface area contributed by atoms with Gasteiger partial charge in [0, 0.05) is 25.0 Å². The monoisotopic (exact) mass is 326 g/mol. The maximum atomic E-state index is 5.62. The maximum Gasteiger partial charge on any atom is 0.224 e. The highest BCUT2D eigenvalue weighted by Crippen LogP contribution is 2.29. The van der Waals surface area contributed by atoms with Crippen LogP contribution >= 0.6 is 0 Å². The van der Waals surface area contributed by atoms with E-state index < -0.39 is 0 Å². The highest BCUT2D eigenvalue weighted by molar-refractivity contribution is 5.65. The molecule has 2 aromatic rings. The van der Waals surface area contributed by atoms with E-state index in [2.05, 4.69) is 59.6 Å². The van der Waals surface area contributed by atoms with Crippen LogP contribution in [0.3, 0.4) is 0 Å². The summed E-state index contributed by atoms with van der Waals surface area (Å²) in [6, 6.07) is 8.28. The van der Waals surface area contributed by atoms with E-state index in [0.717, 1.165) is 37.5 Å². The zero-order chi connectivity index (χ0) is 16.9. The van der Waals surface area contributed by atoms with Crippen molar-refractivity contribution >= 4 is 17.5 Å². The van der Waals surface area contributed by atoms with Crippen LogP contribution in [-0.2, 0) is 4.74 Å². The average Bonchev–Trinajstić information content (AvgIpc) is 3.08. The zero-order valence-corrected chi connectivity index (χ0v) is 14.7. The van der Waals surface area contributed by atoms with E-state index >= 15 is 0 Å². The number of benzene rings is 1. The third kappa shape index (κ3) is 4.03. The second-order valence-electron chi connectivity index (χ2n) is 6.60. The van der Waals surface area contributed by atoms with Gasteiger partial charge < -0.3 is 15.4 Å². The molecule has 0 amide bonds. The molecule has 3 rings (SSSR count). The van der Waals surface area contributed by atoms with Gasteiger partial charge in [0.1, 0.15) is 5.82 Å². The van der Waals surface area contributed by atoms with Crippen LogP contribution in [0.1, 0.15) is 43.7 Å². The van der Waals surface area contributed by atoms with Gasteiger partial charge >= 0.3 is 0 Å². The summed E-state index contributed by atoms with van der Waals surface area (Å²) in [5.74, 6) is 1.89. The standard InChI is InChI=1S/C19H26N4O/c1-13(2)16-8-4-6-14(3)18(16)22-17-9-10-20-19(23-17)21-12-15-7-5-11-24-15/h4,6,8-10,13,15H,5,7,11-12H2,1-3H3,(H2,20,21,22,23). The smallest absolute Gasteiger partial charge is 0.224 e. The third-order valence-electron chi connectivity index (χ3n) is 4.35. The first-order valence-corrected chi connectivity index (χ1v) is 8.68. The zero-order valence-electron chi connectivity index (χ0n) is 14.7. The van der Waals surface area contributed by atoms with Gasteiger partial charge in [0.05, 0.1) is 6.10 Å². The van der Waals surface area contributed by atoms with Crippen LogP contribution < -0.4 is 10.6 Å². The number of hydrogen-bond acceptors (Lipinski definition) is 5. The highest BCUT2D eigenvalue weighted by Gasteiger charge is 2.15. The van der Waals surface area contributed by atoms with Crippen molar-refractivity contribution in [2.75, 3.05) is 23.8 Å². The lowest BCUT2D eigenvalue weighted by Crippen LogP contribution is -2.19. The molecule has 2 N–H and O–H groups in total. The molecular formula is C19H26N4O. The van der Waals surface area contributed by atoms with Gasteiger partial charge in [-0.05, 0) is 42.9 Å². The highest BCUT2D eigenvalue weighted by atomic mass is 16.5. The Morgan fingerprint density at radius 3 is 2.92 bits per heavy atom. The summed E-state index contributed by atoms with van der Waals surface area (Å²) in [4.78, 5) is 8.89. The Balaban J connectivity index is 1.73. The third-order valence-corrected chi connectivity index (χ3v) is 4.35. The maximum absolute atomic E-state index is 5.62. The summed E-state index contributed by atoms with van der Waals surface area (Å²) in [5.41, 5.74) is 3.65. The normalized spacial score (nSPS) is 17.2. The predicted octanol–water partition coefficient (Wildman–Crippen LogP) is 4.24. The van der Waals surface area contributed by atoms with Gasteiger partial charge in [-0.1, -0.05) is 32.0 Å². The molecule has 1 atom stereocenters. The minimum Gasteiger partial charge on any atom is -0.376 e. The molecule has 1 aliphatic rings. The van der Waals surface area contributed by atoms with E-state index in [-0.39, 0.29) is 6.10 Å². The molecule has 1 aromatic heterocycles. The first-order valence-electron chi connectivity index (χ1n) is 8.68. The lowest BCUT2D eigenvalue weighted by atomic mass is 9.98. The SMILES string of the molecule is Cc1cccc(C(C)C)c1Nc1ccnc(NCC2CCCO2)n1. The lowest BCUT2D eigenvalue weighted by molar-refractivity contribution is 0.120.